The van der Waals surface area contributed by atoms with Crippen LogP contribution in [0.5, 0.6) is 0 Å². The fourth-order valence-corrected chi connectivity index (χ4v) is 2.70. The number of methoxy groups -OCH3 is 1. The molecule has 0 saturated heterocycles. The number of ether oxygens (including phenoxy) is 1. The maximum atomic E-state index is 5.70. The SMILES string of the molecule is CCC(OC)C(NN)c1cccc(C2CCC2)c1. The van der Waals surface area contributed by atoms with Gasteiger partial charge in [0.15, 0.2) is 0 Å². The lowest BCUT2D eigenvalue weighted by Gasteiger charge is -2.29. The van der Waals surface area contributed by atoms with Gasteiger partial charge in [-0.25, -0.2) is 0 Å². The molecule has 1 aromatic rings. The van der Waals surface area contributed by atoms with E-state index in [1.165, 1.54) is 30.4 Å². The van der Waals surface area contributed by atoms with E-state index in [0.29, 0.717) is 0 Å². The van der Waals surface area contributed by atoms with Gasteiger partial charge in [-0.3, -0.25) is 11.3 Å². The zero-order valence-corrected chi connectivity index (χ0v) is 11.4. The summed E-state index contributed by atoms with van der Waals surface area (Å²) in [6.45, 7) is 2.12. The highest BCUT2D eigenvalue weighted by molar-refractivity contribution is 5.30. The van der Waals surface area contributed by atoms with Crippen LogP contribution in [0.2, 0.25) is 0 Å². The molecule has 0 aliphatic heterocycles. The Labute approximate surface area is 110 Å². The number of hydrogen-bond acceptors (Lipinski definition) is 3. The van der Waals surface area contributed by atoms with E-state index in [4.69, 9.17) is 10.6 Å². The van der Waals surface area contributed by atoms with Crippen molar-refractivity contribution < 1.29 is 4.74 Å². The van der Waals surface area contributed by atoms with E-state index in [-0.39, 0.29) is 12.1 Å². The van der Waals surface area contributed by atoms with Gasteiger partial charge in [0.05, 0.1) is 12.1 Å². The summed E-state index contributed by atoms with van der Waals surface area (Å²) >= 11 is 0. The largest absolute Gasteiger partial charge is 0.379 e. The average Bonchev–Trinajstić information content (AvgIpc) is 2.34. The van der Waals surface area contributed by atoms with E-state index in [1.807, 2.05) is 0 Å². The minimum absolute atomic E-state index is 0.0695. The number of hydrogen-bond donors (Lipinski definition) is 2. The van der Waals surface area contributed by atoms with Crippen LogP contribution < -0.4 is 11.3 Å². The summed E-state index contributed by atoms with van der Waals surface area (Å²) in [4.78, 5) is 0. The predicted molar refractivity (Wildman–Crippen MR) is 74.2 cm³/mol. The first-order valence-electron chi connectivity index (χ1n) is 6.89. The molecule has 0 spiro atoms. The van der Waals surface area contributed by atoms with Gasteiger partial charge < -0.3 is 4.74 Å². The first-order chi connectivity index (χ1) is 8.80. The van der Waals surface area contributed by atoms with E-state index in [2.05, 4.69) is 36.6 Å². The lowest BCUT2D eigenvalue weighted by molar-refractivity contribution is 0.0650. The minimum Gasteiger partial charge on any atom is -0.379 e. The molecule has 100 valence electrons. The summed E-state index contributed by atoms with van der Waals surface area (Å²) in [6, 6.07) is 8.86. The summed E-state index contributed by atoms with van der Waals surface area (Å²) in [5, 5.41) is 0. The number of benzene rings is 1. The first kappa shape index (κ1) is 13.5. The van der Waals surface area contributed by atoms with Crippen LogP contribution >= 0.6 is 0 Å². The molecule has 18 heavy (non-hydrogen) atoms. The molecule has 2 rings (SSSR count). The highest BCUT2D eigenvalue weighted by Gasteiger charge is 2.23. The topological polar surface area (TPSA) is 47.3 Å². The highest BCUT2D eigenvalue weighted by Crippen LogP contribution is 2.37. The van der Waals surface area contributed by atoms with Gasteiger partial charge in [0.2, 0.25) is 0 Å². The van der Waals surface area contributed by atoms with Crippen molar-refractivity contribution in [2.75, 3.05) is 7.11 Å². The molecule has 2 atom stereocenters. The fraction of sp³-hybridized carbons (Fsp3) is 0.600. The van der Waals surface area contributed by atoms with Crippen molar-refractivity contribution in [2.24, 2.45) is 5.84 Å². The van der Waals surface area contributed by atoms with Crippen molar-refractivity contribution in [1.29, 1.82) is 0 Å². The number of rotatable bonds is 6. The number of nitrogens with one attached hydrogen (secondary N) is 1. The third-order valence-corrected chi connectivity index (χ3v) is 4.10. The molecular weight excluding hydrogens is 224 g/mol. The van der Waals surface area contributed by atoms with Crippen molar-refractivity contribution in [3.05, 3.63) is 35.4 Å². The molecule has 0 heterocycles. The van der Waals surface area contributed by atoms with Crippen molar-refractivity contribution in [3.8, 4) is 0 Å². The van der Waals surface area contributed by atoms with Crippen LogP contribution in [0.25, 0.3) is 0 Å². The van der Waals surface area contributed by atoms with E-state index < -0.39 is 0 Å². The molecular formula is C15H24N2O. The van der Waals surface area contributed by atoms with Crippen LogP contribution in [-0.2, 0) is 4.74 Å². The zero-order chi connectivity index (χ0) is 13.0. The Kier molecular flexibility index (Phi) is 4.75. The molecule has 0 radical (unpaired) electrons. The normalized spacial score (nSPS) is 19.3. The van der Waals surface area contributed by atoms with E-state index in [1.54, 1.807) is 7.11 Å². The van der Waals surface area contributed by atoms with E-state index in [9.17, 15) is 0 Å². The second kappa shape index (κ2) is 6.32. The van der Waals surface area contributed by atoms with Crippen LogP contribution in [0.4, 0.5) is 0 Å². The lowest BCUT2D eigenvalue weighted by atomic mass is 9.79. The van der Waals surface area contributed by atoms with Crippen LogP contribution in [0.15, 0.2) is 24.3 Å². The molecule has 0 aromatic heterocycles. The molecule has 3 N–H and O–H groups in total. The Morgan fingerprint density at radius 1 is 1.44 bits per heavy atom. The van der Waals surface area contributed by atoms with Gasteiger partial charge in [0.25, 0.3) is 0 Å². The predicted octanol–water partition coefficient (Wildman–Crippen LogP) is 2.88. The van der Waals surface area contributed by atoms with Gasteiger partial charge in [-0.15, -0.1) is 0 Å². The Morgan fingerprint density at radius 3 is 2.72 bits per heavy atom. The molecule has 0 amide bonds. The van der Waals surface area contributed by atoms with Gasteiger partial charge in [-0.1, -0.05) is 37.6 Å². The maximum Gasteiger partial charge on any atom is 0.0776 e. The molecule has 3 nitrogen and oxygen atoms in total. The third kappa shape index (κ3) is 2.74. The first-order valence-corrected chi connectivity index (χ1v) is 6.89. The zero-order valence-electron chi connectivity index (χ0n) is 11.4. The Balaban J connectivity index is 2.19. The number of nitrogens with two attached hydrogens (primary N) is 1. The van der Waals surface area contributed by atoms with Gasteiger partial charge in [0.1, 0.15) is 0 Å². The summed E-state index contributed by atoms with van der Waals surface area (Å²) in [5.74, 6) is 6.46. The average molecular weight is 248 g/mol. The van der Waals surface area contributed by atoms with Crippen LogP contribution in [-0.4, -0.2) is 13.2 Å². The maximum absolute atomic E-state index is 5.70. The summed E-state index contributed by atoms with van der Waals surface area (Å²) in [7, 11) is 1.74. The molecule has 0 bridgehead atoms. The summed E-state index contributed by atoms with van der Waals surface area (Å²) < 4.78 is 5.51. The third-order valence-electron chi connectivity index (χ3n) is 4.10. The molecule has 2 unspecified atom stereocenters. The minimum atomic E-state index is 0.0695. The standard InChI is InChI=1S/C15H24N2O/c1-3-14(18-2)15(17-16)13-9-5-8-12(10-13)11-6-4-7-11/h5,8-11,14-15,17H,3-4,6-7,16H2,1-2H3. The molecule has 1 saturated carbocycles. The molecule has 3 heteroatoms. The Hall–Kier alpha value is -0.900. The van der Waals surface area contributed by atoms with Crippen molar-refractivity contribution in [1.82, 2.24) is 5.43 Å². The molecule has 1 fully saturated rings. The Morgan fingerprint density at radius 2 is 2.22 bits per heavy atom. The monoisotopic (exact) mass is 248 g/mol. The van der Waals surface area contributed by atoms with Crippen LogP contribution in [0, 0.1) is 0 Å². The van der Waals surface area contributed by atoms with Crippen molar-refractivity contribution in [2.45, 2.75) is 50.7 Å². The number of hydrazine groups is 1. The van der Waals surface area contributed by atoms with Crippen molar-refractivity contribution in [3.63, 3.8) is 0 Å². The van der Waals surface area contributed by atoms with Crippen LogP contribution in [0.1, 0.15) is 55.7 Å². The highest BCUT2D eigenvalue weighted by atomic mass is 16.5. The molecule has 1 aromatic carbocycles. The quantitative estimate of drug-likeness (QED) is 0.601. The fourth-order valence-electron chi connectivity index (χ4n) is 2.70. The van der Waals surface area contributed by atoms with E-state index >= 15 is 0 Å². The van der Waals surface area contributed by atoms with Crippen molar-refractivity contribution >= 4 is 0 Å². The van der Waals surface area contributed by atoms with Gasteiger partial charge >= 0.3 is 0 Å². The lowest BCUT2D eigenvalue weighted by Crippen LogP contribution is -2.37. The Bertz CT molecular complexity index is 373. The van der Waals surface area contributed by atoms with Gasteiger partial charge in [0, 0.05) is 7.11 Å². The van der Waals surface area contributed by atoms with Gasteiger partial charge in [-0.2, -0.15) is 0 Å². The summed E-state index contributed by atoms with van der Waals surface area (Å²) in [6.07, 6.45) is 5.08. The molecule has 1 aliphatic rings. The second-order valence-corrected chi connectivity index (χ2v) is 5.12. The second-order valence-electron chi connectivity index (χ2n) is 5.12. The van der Waals surface area contributed by atoms with Gasteiger partial charge in [-0.05, 0) is 36.3 Å². The molecule has 1 aliphatic carbocycles. The summed E-state index contributed by atoms with van der Waals surface area (Å²) in [5.41, 5.74) is 5.58. The smallest absolute Gasteiger partial charge is 0.0776 e. The van der Waals surface area contributed by atoms with Crippen LogP contribution in [0.3, 0.4) is 0 Å². The van der Waals surface area contributed by atoms with E-state index in [0.717, 1.165) is 12.3 Å².